The molecule has 2 heterocycles. The standard InChI is InChI=1S/C21H18O7.C2H7NO/c1-21(2)15-7-11(26-6-5-22)3-4-12(15)13-8-14-16(23)9-19(20(24)25)27-17(14)10-18(13)28-21;3-1-2-4/h3-4,7-10,22H,5-6H2,1-2H3,(H,24,25);4H,1-3H2. The zero-order valence-corrected chi connectivity index (χ0v) is 17.8. The van der Waals surface area contributed by atoms with Crippen LogP contribution >= 0.6 is 0 Å². The highest BCUT2D eigenvalue weighted by molar-refractivity contribution is 5.92. The van der Waals surface area contributed by atoms with E-state index < -0.39 is 22.8 Å². The van der Waals surface area contributed by atoms with E-state index in [1.54, 1.807) is 18.2 Å². The molecule has 0 bridgehead atoms. The number of carbonyl (C=O) groups is 1. The molecule has 0 fully saturated rings. The summed E-state index contributed by atoms with van der Waals surface area (Å²) in [5.41, 5.74) is 6.28. The Balaban J connectivity index is 0.000000668. The van der Waals surface area contributed by atoms with Gasteiger partial charge in [-0.1, -0.05) is 6.07 Å². The molecule has 0 aliphatic carbocycles. The maximum atomic E-state index is 12.4. The average Bonchev–Trinajstić information content (AvgIpc) is 2.76. The Kier molecular flexibility index (Phi) is 6.83. The lowest BCUT2D eigenvalue weighted by Gasteiger charge is -2.35. The number of ether oxygens (including phenoxy) is 2. The van der Waals surface area contributed by atoms with Gasteiger partial charge in [0.25, 0.3) is 0 Å². The first-order chi connectivity index (χ1) is 15.2. The molecule has 0 spiro atoms. The summed E-state index contributed by atoms with van der Waals surface area (Å²) in [6.45, 7) is 4.38. The lowest BCUT2D eigenvalue weighted by Crippen LogP contribution is -2.29. The molecule has 0 unspecified atom stereocenters. The van der Waals surface area contributed by atoms with Crippen molar-refractivity contribution < 1.29 is 34.0 Å². The fraction of sp³-hybridized carbons (Fsp3) is 0.304. The van der Waals surface area contributed by atoms with Crippen LogP contribution in [-0.4, -0.2) is 47.7 Å². The van der Waals surface area contributed by atoms with Crippen LogP contribution < -0.4 is 20.6 Å². The van der Waals surface area contributed by atoms with Gasteiger partial charge in [-0.3, -0.25) is 4.79 Å². The number of benzene rings is 2. The van der Waals surface area contributed by atoms with Crippen molar-refractivity contribution in [3.8, 4) is 22.6 Å². The molecule has 170 valence electrons. The van der Waals surface area contributed by atoms with Crippen molar-refractivity contribution in [1.82, 2.24) is 0 Å². The van der Waals surface area contributed by atoms with Crippen LogP contribution in [0.1, 0.15) is 30.0 Å². The Morgan fingerprint density at radius 1 is 1.09 bits per heavy atom. The highest BCUT2D eigenvalue weighted by Gasteiger charge is 2.33. The summed E-state index contributed by atoms with van der Waals surface area (Å²) in [4.78, 5) is 23.6. The van der Waals surface area contributed by atoms with Crippen LogP contribution in [-0.2, 0) is 5.60 Å². The number of rotatable bonds is 5. The van der Waals surface area contributed by atoms with Crippen LogP contribution in [0.2, 0.25) is 0 Å². The lowest BCUT2D eigenvalue weighted by atomic mass is 9.85. The zero-order chi connectivity index (χ0) is 23.5. The minimum atomic E-state index is -1.31. The third kappa shape index (κ3) is 4.59. The first kappa shape index (κ1) is 23.3. The molecule has 1 aromatic heterocycles. The van der Waals surface area contributed by atoms with E-state index in [-0.39, 0.29) is 30.8 Å². The Bertz CT molecular complexity index is 1200. The number of fused-ring (bicyclic) bond motifs is 4. The van der Waals surface area contributed by atoms with Gasteiger partial charge in [0.05, 0.1) is 18.6 Å². The predicted molar refractivity (Wildman–Crippen MR) is 117 cm³/mol. The molecule has 5 N–H and O–H groups in total. The average molecular weight is 443 g/mol. The molecule has 9 heteroatoms. The van der Waals surface area contributed by atoms with Crippen molar-refractivity contribution in [3.05, 3.63) is 57.9 Å². The van der Waals surface area contributed by atoms with Crippen LogP contribution in [0.3, 0.4) is 0 Å². The normalized spacial score (nSPS) is 13.3. The second kappa shape index (κ2) is 9.39. The Morgan fingerprint density at radius 3 is 2.44 bits per heavy atom. The molecule has 0 amide bonds. The summed E-state index contributed by atoms with van der Waals surface area (Å²) in [6, 6.07) is 9.71. The molecule has 9 nitrogen and oxygen atoms in total. The fourth-order valence-electron chi connectivity index (χ4n) is 3.42. The monoisotopic (exact) mass is 443 g/mol. The van der Waals surface area contributed by atoms with Crippen LogP contribution in [0, 0.1) is 0 Å². The van der Waals surface area contributed by atoms with Gasteiger partial charge in [0.1, 0.15) is 29.3 Å². The molecule has 0 saturated carbocycles. The minimum absolute atomic E-state index is 0.0834. The van der Waals surface area contributed by atoms with Gasteiger partial charge < -0.3 is 34.9 Å². The molecular formula is C23H25NO8. The summed E-state index contributed by atoms with van der Waals surface area (Å²) in [7, 11) is 0. The van der Waals surface area contributed by atoms with Crippen LogP contribution in [0.4, 0.5) is 0 Å². The van der Waals surface area contributed by atoms with Crippen LogP contribution in [0.25, 0.3) is 22.1 Å². The second-order valence-electron chi connectivity index (χ2n) is 7.53. The molecule has 2 aromatic carbocycles. The van der Waals surface area contributed by atoms with Gasteiger partial charge in [-0.15, -0.1) is 0 Å². The van der Waals surface area contributed by atoms with E-state index >= 15 is 0 Å². The smallest absolute Gasteiger partial charge is 0.371 e. The lowest BCUT2D eigenvalue weighted by molar-refractivity contribution is 0.0662. The van der Waals surface area contributed by atoms with E-state index in [4.69, 9.17) is 34.9 Å². The molecule has 1 aliphatic heterocycles. The van der Waals surface area contributed by atoms with Gasteiger partial charge in [-0.2, -0.15) is 0 Å². The number of hydrogen-bond acceptors (Lipinski definition) is 8. The van der Waals surface area contributed by atoms with Crippen molar-refractivity contribution >= 4 is 16.9 Å². The zero-order valence-electron chi connectivity index (χ0n) is 17.8. The second-order valence-corrected chi connectivity index (χ2v) is 7.53. The molecule has 3 aromatic rings. The highest BCUT2D eigenvalue weighted by atomic mass is 16.5. The number of aliphatic hydroxyl groups excluding tert-OH is 2. The Labute approximate surface area is 183 Å². The van der Waals surface area contributed by atoms with E-state index in [1.807, 2.05) is 26.0 Å². The molecular weight excluding hydrogens is 418 g/mol. The van der Waals surface area contributed by atoms with Crippen molar-refractivity contribution in [3.63, 3.8) is 0 Å². The van der Waals surface area contributed by atoms with Gasteiger partial charge >= 0.3 is 5.97 Å². The Hall–Kier alpha value is -3.40. The number of aromatic carboxylic acids is 1. The van der Waals surface area contributed by atoms with Crippen molar-refractivity contribution in [2.75, 3.05) is 26.4 Å². The summed E-state index contributed by atoms with van der Waals surface area (Å²) in [6.07, 6.45) is 0. The quantitative estimate of drug-likeness (QED) is 0.464. The summed E-state index contributed by atoms with van der Waals surface area (Å²) in [5.74, 6) is -0.614. The first-order valence-electron chi connectivity index (χ1n) is 9.95. The van der Waals surface area contributed by atoms with Gasteiger partial charge in [0, 0.05) is 29.8 Å². The van der Waals surface area contributed by atoms with E-state index in [2.05, 4.69) is 0 Å². The van der Waals surface area contributed by atoms with Gasteiger partial charge in [0.15, 0.2) is 5.43 Å². The van der Waals surface area contributed by atoms with E-state index in [0.29, 0.717) is 23.6 Å². The number of nitrogens with two attached hydrogens (primary N) is 1. The maximum absolute atomic E-state index is 12.4. The largest absolute Gasteiger partial charge is 0.491 e. The Morgan fingerprint density at radius 2 is 1.81 bits per heavy atom. The number of carboxylic acids is 1. The number of carboxylic acid groups (broad SMARTS) is 1. The SMILES string of the molecule is CC1(C)Oc2cc3oc(C(=O)O)cc(=O)c3cc2-c2ccc(OCCO)cc21.NCCO. The topological polar surface area (TPSA) is 152 Å². The van der Waals surface area contributed by atoms with Crippen molar-refractivity contribution in [1.29, 1.82) is 0 Å². The van der Waals surface area contributed by atoms with E-state index in [0.717, 1.165) is 17.2 Å². The van der Waals surface area contributed by atoms with E-state index in [1.165, 1.54) is 0 Å². The number of aliphatic hydroxyl groups is 2. The first-order valence-corrected chi connectivity index (χ1v) is 9.95. The summed E-state index contributed by atoms with van der Waals surface area (Å²) < 4.78 is 17.0. The predicted octanol–water partition coefficient (Wildman–Crippen LogP) is 2.09. The van der Waals surface area contributed by atoms with Gasteiger partial charge in [-0.25, -0.2) is 4.79 Å². The summed E-state index contributed by atoms with van der Waals surface area (Å²) >= 11 is 0. The maximum Gasteiger partial charge on any atom is 0.371 e. The molecule has 0 atom stereocenters. The molecule has 0 radical (unpaired) electrons. The van der Waals surface area contributed by atoms with Gasteiger partial charge in [-0.05, 0) is 37.6 Å². The molecule has 1 aliphatic rings. The fourth-order valence-corrected chi connectivity index (χ4v) is 3.42. The van der Waals surface area contributed by atoms with Crippen LogP contribution in [0.15, 0.2) is 45.6 Å². The van der Waals surface area contributed by atoms with Crippen molar-refractivity contribution in [2.24, 2.45) is 5.73 Å². The van der Waals surface area contributed by atoms with Crippen molar-refractivity contribution in [2.45, 2.75) is 19.4 Å². The highest BCUT2D eigenvalue weighted by Crippen LogP contribution is 2.47. The van der Waals surface area contributed by atoms with Gasteiger partial charge in [0.2, 0.25) is 5.76 Å². The third-order valence-electron chi connectivity index (χ3n) is 4.82. The number of hydrogen-bond donors (Lipinski definition) is 4. The molecule has 32 heavy (non-hydrogen) atoms. The van der Waals surface area contributed by atoms with Crippen LogP contribution in [0.5, 0.6) is 11.5 Å². The van der Waals surface area contributed by atoms with E-state index in [9.17, 15) is 9.59 Å². The molecule has 4 rings (SSSR count). The third-order valence-corrected chi connectivity index (χ3v) is 4.82. The summed E-state index contributed by atoms with van der Waals surface area (Å²) in [5, 5.41) is 26.1. The molecule has 0 saturated heterocycles. The minimum Gasteiger partial charge on any atom is -0.491 e.